The van der Waals surface area contributed by atoms with Gasteiger partial charge in [0.25, 0.3) is 10.1 Å². The van der Waals surface area contributed by atoms with Crippen molar-refractivity contribution in [2.45, 2.75) is 18.4 Å². The lowest BCUT2D eigenvalue weighted by molar-refractivity contribution is -0.140. The Bertz CT molecular complexity index is 1060. The molecule has 0 aliphatic rings. The van der Waals surface area contributed by atoms with Crippen LogP contribution in [0, 0.1) is 7.14 Å². The average Bonchev–Trinajstić information content (AvgIpc) is 2.61. The van der Waals surface area contributed by atoms with Crippen LogP contribution in [0.5, 0.6) is 5.75 Å². The predicted molar refractivity (Wildman–Crippen MR) is 118 cm³/mol. The van der Waals surface area contributed by atoms with Crippen LogP contribution in [0.2, 0.25) is 0 Å². The summed E-state index contributed by atoms with van der Waals surface area (Å²) in [6.07, 6.45) is 0. The molecule has 2 aromatic carbocycles. The molecule has 0 amide bonds. The van der Waals surface area contributed by atoms with E-state index in [1.54, 1.807) is 12.1 Å². The Kier molecular flexibility index (Phi) is 7.59. The zero-order chi connectivity index (χ0) is 21.1. The first kappa shape index (κ1) is 22.8. The fourth-order valence-electron chi connectivity index (χ4n) is 2.04. The first-order valence-electron chi connectivity index (χ1n) is 7.59. The summed E-state index contributed by atoms with van der Waals surface area (Å²) in [5.74, 6) is -1.21. The normalized spacial score (nSPS) is 11.0. The van der Waals surface area contributed by atoms with Gasteiger partial charge >= 0.3 is 11.9 Å². The summed E-state index contributed by atoms with van der Waals surface area (Å²) in [5, 5.41) is 0. The van der Waals surface area contributed by atoms with E-state index in [0.717, 1.165) is 15.7 Å². The van der Waals surface area contributed by atoms with Crippen molar-refractivity contribution in [3.63, 3.8) is 0 Å². The third-order valence-electron chi connectivity index (χ3n) is 3.35. The Hall–Kier alpha value is -1.51. The Morgan fingerprint density at radius 3 is 2.46 bits per heavy atom. The van der Waals surface area contributed by atoms with Crippen molar-refractivity contribution in [3.8, 4) is 5.75 Å². The molecule has 7 nitrogen and oxygen atoms in total. The van der Waals surface area contributed by atoms with Gasteiger partial charge in [-0.2, -0.15) is 8.42 Å². The van der Waals surface area contributed by atoms with E-state index in [9.17, 15) is 18.0 Å². The lowest BCUT2D eigenvalue weighted by Gasteiger charge is -2.13. The highest BCUT2D eigenvalue weighted by molar-refractivity contribution is 14.1. The summed E-state index contributed by atoms with van der Waals surface area (Å²) in [4.78, 5) is 23.7. The molecule has 2 aromatic rings. The molecule has 1 N–H and O–H groups in total. The zero-order valence-corrected chi connectivity index (χ0v) is 19.6. The first-order chi connectivity index (χ1) is 13.0. The van der Waals surface area contributed by atoms with Gasteiger partial charge in [0.15, 0.2) is 5.75 Å². The third kappa shape index (κ3) is 5.99. The van der Waals surface area contributed by atoms with Crippen LogP contribution in [-0.2, 0) is 26.3 Å². The molecular weight excluding hydrogens is 614 g/mol. The minimum absolute atomic E-state index is 0.0608. The van der Waals surface area contributed by atoms with Gasteiger partial charge in [-0.15, -0.1) is 0 Å². The minimum atomic E-state index is -4.46. The van der Waals surface area contributed by atoms with Crippen LogP contribution < -0.4 is 4.74 Å². The van der Waals surface area contributed by atoms with E-state index in [1.165, 1.54) is 19.1 Å². The molecule has 2 rings (SSSR count). The smallest absolute Gasteiger partial charge is 0.343 e. The molecule has 0 unspecified atom stereocenters. The molecule has 28 heavy (non-hydrogen) atoms. The summed E-state index contributed by atoms with van der Waals surface area (Å²) in [7, 11) is -4.46. The number of carbonyl (C=O) groups is 2. The van der Waals surface area contributed by atoms with Crippen LogP contribution >= 0.6 is 45.2 Å². The number of hydrogen-bond donors (Lipinski definition) is 1. The van der Waals surface area contributed by atoms with E-state index in [4.69, 9.17) is 14.0 Å². The number of carbonyl (C=O) groups excluding carboxylic acids is 2. The fourth-order valence-corrected chi connectivity index (χ4v) is 4.64. The maximum Gasteiger partial charge on any atom is 0.343 e. The van der Waals surface area contributed by atoms with Crippen LogP contribution in [-0.4, -0.2) is 24.9 Å². The second-order valence-electron chi connectivity index (χ2n) is 5.62. The quantitative estimate of drug-likeness (QED) is 0.170. The van der Waals surface area contributed by atoms with Gasteiger partial charge in [0, 0.05) is 14.7 Å². The van der Waals surface area contributed by atoms with Gasteiger partial charge < -0.3 is 9.47 Å². The maximum atomic E-state index is 12.5. The van der Waals surface area contributed by atoms with E-state index < -0.39 is 27.0 Å². The number of halogens is 2. The highest BCUT2D eigenvalue weighted by atomic mass is 127. The minimum Gasteiger partial charge on any atom is -0.457 e. The zero-order valence-electron chi connectivity index (χ0n) is 14.4. The molecule has 0 aliphatic carbocycles. The van der Waals surface area contributed by atoms with Crippen LogP contribution in [0.1, 0.15) is 22.8 Å². The molecule has 0 aromatic heterocycles. The van der Waals surface area contributed by atoms with E-state index in [2.05, 4.69) is 29.2 Å². The summed E-state index contributed by atoms with van der Waals surface area (Å²) in [5.41, 5.74) is 0.639. The van der Waals surface area contributed by atoms with Crippen LogP contribution in [0.25, 0.3) is 0 Å². The van der Waals surface area contributed by atoms with E-state index in [1.807, 2.05) is 22.6 Å². The molecule has 0 saturated heterocycles. The average molecular weight is 628 g/mol. The summed E-state index contributed by atoms with van der Waals surface area (Å²) in [6.45, 7) is 4.89. The van der Waals surface area contributed by atoms with Gasteiger partial charge in [-0.3, -0.25) is 4.55 Å². The van der Waals surface area contributed by atoms with Crippen LogP contribution in [0.15, 0.2) is 53.4 Å². The van der Waals surface area contributed by atoms with Crippen LogP contribution in [0.3, 0.4) is 0 Å². The van der Waals surface area contributed by atoms with Gasteiger partial charge in [0.05, 0.1) is 14.0 Å². The Morgan fingerprint density at radius 2 is 1.86 bits per heavy atom. The van der Waals surface area contributed by atoms with Crippen molar-refractivity contribution in [1.29, 1.82) is 0 Å². The van der Waals surface area contributed by atoms with Crippen molar-refractivity contribution in [1.82, 2.24) is 0 Å². The summed E-state index contributed by atoms with van der Waals surface area (Å²) >= 11 is 4.06. The topological polar surface area (TPSA) is 107 Å². The summed E-state index contributed by atoms with van der Waals surface area (Å²) < 4.78 is 43.7. The van der Waals surface area contributed by atoms with Gasteiger partial charge in [-0.05, 0) is 82.4 Å². The van der Waals surface area contributed by atoms with Gasteiger partial charge in [-0.25, -0.2) is 9.59 Å². The molecule has 0 saturated carbocycles. The van der Waals surface area contributed by atoms with Crippen molar-refractivity contribution < 1.29 is 32.0 Å². The first-order valence-corrected chi connectivity index (χ1v) is 11.2. The molecule has 10 heteroatoms. The van der Waals surface area contributed by atoms with Gasteiger partial charge in [-0.1, -0.05) is 12.6 Å². The third-order valence-corrected chi connectivity index (χ3v) is 5.63. The highest BCUT2D eigenvalue weighted by Crippen LogP contribution is 2.30. The molecule has 148 valence electrons. The number of benzene rings is 2. The second kappa shape index (κ2) is 9.33. The lowest BCUT2D eigenvalue weighted by Crippen LogP contribution is -2.13. The van der Waals surface area contributed by atoms with E-state index >= 15 is 0 Å². The highest BCUT2D eigenvalue weighted by Gasteiger charge is 2.19. The monoisotopic (exact) mass is 628 g/mol. The number of ether oxygens (including phenoxy) is 2. The fraction of sp³-hybridized carbons (Fsp3) is 0.111. The van der Waals surface area contributed by atoms with Crippen molar-refractivity contribution in [2.75, 3.05) is 0 Å². The number of rotatable bonds is 6. The van der Waals surface area contributed by atoms with E-state index in [0.29, 0.717) is 9.13 Å². The Labute approximate surface area is 189 Å². The maximum absolute atomic E-state index is 12.5. The van der Waals surface area contributed by atoms with Crippen LogP contribution in [0.4, 0.5) is 0 Å². The molecule has 0 bridgehead atoms. The molecule has 0 fully saturated rings. The van der Waals surface area contributed by atoms with E-state index in [-0.39, 0.29) is 23.5 Å². The molecule has 0 heterocycles. The lowest BCUT2D eigenvalue weighted by atomic mass is 10.2. The largest absolute Gasteiger partial charge is 0.457 e. The Balaban J connectivity index is 2.34. The van der Waals surface area contributed by atoms with Crippen molar-refractivity contribution in [3.05, 3.63) is 66.8 Å². The predicted octanol–water partition coefficient (Wildman–Crippen LogP) is 3.98. The van der Waals surface area contributed by atoms with Crippen molar-refractivity contribution in [2.24, 2.45) is 0 Å². The van der Waals surface area contributed by atoms with Gasteiger partial charge in [0.1, 0.15) is 6.61 Å². The standard InChI is InChI=1S/C18H14I2O7S/c1-10(2)17(21)26-9-12-6-13(19)8-15(20)16(12)27-18(22)11-4-3-5-14(7-11)28(23,24)25/h3-8H,1,9H2,2H3,(H,23,24,25). The molecule has 0 aliphatic heterocycles. The van der Waals surface area contributed by atoms with Gasteiger partial charge in [0.2, 0.25) is 0 Å². The summed E-state index contributed by atoms with van der Waals surface area (Å²) in [6, 6.07) is 8.31. The Morgan fingerprint density at radius 1 is 1.18 bits per heavy atom. The molecule has 0 radical (unpaired) electrons. The second-order valence-corrected chi connectivity index (χ2v) is 9.45. The molecule has 0 spiro atoms. The SMILES string of the molecule is C=C(C)C(=O)OCc1cc(I)cc(I)c1OC(=O)c1cccc(S(=O)(=O)O)c1. The molecule has 0 atom stereocenters. The van der Waals surface area contributed by atoms with Crippen molar-refractivity contribution >= 4 is 67.2 Å². The molecular formula is C18H14I2O7S. The number of hydrogen-bond acceptors (Lipinski definition) is 6. The number of esters is 2.